The van der Waals surface area contributed by atoms with Gasteiger partial charge in [0, 0.05) is 39.6 Å². The highest BCUT2D eigenvalue weighted by atomic mass is 32.1. The highest BCUT2D eigenvalue weighted by Gasteiger charge is 2.24. The van der Waals surface area contributed by atoms with Crippen LogP contribution in [0, 0.1) is 5.92 Å². The standard InChI is InChI=1S/C52H46N4S/c1-36-31-47(40-19-10-4-11-20-40)51-48(32-36)45-24-14-23-44(50(45)57-51)42-27-30-49(46(33-42)39-17-8-3-9-18-39)54-43-28-25-38(26-29-43)35-56(34-37-15-6-2-7-16-37)55-52(53)41-21-12-5-13-22-41/h2-31,33,36,52,54-55H,32,34-35,53H2,1H3. The Morgan fingerprint density at radius 3 is 1.96 bits per heavy atom. The lowest BCUT2D eigenvalue weighted by Gasteiger charge is -2.27. The van der Waals surface area contributed by atoms with Gasteiger partial charge >= 0.3 is 0 Å². The third-order valence-electron chi connectivity index (χ3n) is 10.8. The second kappa shape index (κ2) is 16.6. The van der Waals surface area contributed by atoms with Gasteiger partial charge in [-0.3, -0.25) is 0 Å². The fourth-order valence-corrected chi connectivity index (χ4v) is 9.45. The number of anilines is 2. The predicted molar refractivity (Wildman–Crippen MR) is 241 cm³/mol. The Bertz CT molecular complexity index is 2620. The van der Waals surface area contributed by atoms with Crippen LogP contribution in [0.4, 0.5) is 11.4 Å². The van der Waals surface area contributed by atoms with E-state index in [0.717, 1.165) is 29.9 Å². The summed E-state index contributed by atoms with van der Waals surface area (Å²) < 4.78 is 1.36. The first-order valence-electron chi connectivity index (χ1n) is 19.8. The summed E-state index contributed by atoms with van der Waals surface area (Å²) in [5, 5.41) is 7.35. The van der Waals surface area contributed by atoms with E-state index in [0.29, 0.717) is 12.5 Å². The third kappa shape index (κ3) is 8.11. The van der Waals surface area contributed by atoms with E-state index in [-0.39, 0.29) is 6.17 Å². The van der Waals surface area contributed by atoms with E-state index >= 15 is 0 Å². The van der Waals surface area contributed by atoms with Crippen molar-refractivity contribution >= 4 is 38.4 Å². The topological polar surface area (TPSA) is 53.3 Å². The summed E-state index contributed by atoms with van der Waals surface area (Å²) in [6.07, 6.45) is 3.21. The van der Waals surface area contributed by atoms with Crippen LogP contribution < -0.4 is 16.5 Å². The van der Waals surface area contributed by atoms with Crippen molar-refractivity contribution in [1.29, 1.82) is 0 Å². The molecule has 280 valence electrons. The van der Waals surface area contributed by atoms with E-state index in [1.165, 1.54) is 65.0 Å². The van der Waals surface area contributed by atoms with Crippen LogP contribution in [0.3, 0.4) is 0 Å². The molecule has 0 aliphatic heterocycles. The molecule has 7 aromatic carbocycles. The number of hydrogen-bond donors (Lipinski definition) is 3. The minimum absolute atomic E-state index is 0.320. The zero-order valence-corrected chi connectivity index (χ0v) is 32.9. The molecule has 1 aromatic heterocycles. The van der Waals surface area contributed by atoms with Crippen LogP contribution >= 0.6 is 11.3 Å². The summed E-state index contributed by atoms with van der Waals surface area (Å²) >= 11 is 1.94. The molecule has 0 saturated carbocycles. The summed E-state index contributed by atoms with van der Waals surface area (Å²) in [5.74, 6) is 0.487. The lowest BCUT2D eigenvalue weighted by Crippen LogP contribution is -2.43. The Labute approximate surface area is 339 Å². The number of fused-ring (bicyclic) bond motifs is 3. The normalized spacial score (nSPS) is 14.3. The van der Waals surface area contributed by atoms with E-state index in [1.807, 2.05) is 29.5 Å². The summed E-state index contributed by atoms with van der Waals surface area (Å²) in [5.41, 5.74) is 24.7. The smallest absolute Gasteiger partial charge is 0.0940 e. The maximum atomic E-state index is 6.64. The minimum atomic E-state index is -0.320. The van der Waals surface area contributed by atoms with E-state index < -0.39 is 0 Å². The zero-order chi connectivity index (χ0) is 38.6. The van der Waals surface area contributed by atoms with Gasteiger partial charge in [-0.2, -0.15) is 0 Å². The summed E-state index contributed by atoms with van der Waals surface area (Å²) in [6.45, 7) is 3.75. The molecule has 9 rings (SSSR count). The van der Waals surface area contributed by atoms with Gasteiger partial charge in [0.2, 0.25) is 0 Å². The van der Waals surface area contributed by atoms with Crippen molar-refractivity contribution in [2.75, 3.05) is 5.32 Å². The zero-order valence-electron chi connectivity index (χ0n) is 32.1. The van der Waals surface area contributed by atoms with Gasteiger partial charge in [-0.05, 0) is 92.1 Å². The molecule has 2 atom stereocenters. The molecular weight excluding hydrogens is 713 g/mol. The first-order valence-corrected chi connectivity index (χ1v) is 20.6. The van der Waals surface area contributed by atoms with Crippen molar-refractivity contribution in [2.24, 2.45) is 11.7 Å². The molecule has 5 heteroatoms. The van der Waals surface area contributed by atoms with Gasteiger partial charge in [-0.25, -0.2) is 10.4 Å². The van der Waals surface area contributed by atoms with Gasteiger partial charge in [0.05, 0.1) is 6.17 Å². The molecule has 4 nitrogen and oxygen atoms in total. The number of hydrazine groups is 1. The fraction of sp³-hybridized carbons (Fsp3) is 0.115. The second-order valence-corrected chi connectivity index (χ2v) is 16.0. The molecule has 57 heavy (non-hydrogen) atoms. The Morgan fingerprint density at radius 2 is 1.26 bits per heavy atom. The second-order valence-electron chi connectivity index (χ2n) is 15.0. The lowest BCUT2D eigenvalue weighted by molar-refractivity contribution is 0.140. The molecule has 0 spiro atoms. The molecule has 0 amide bonds. The minimum Gasteiger partial charge on any atom is -0.355 e. The first-order chi connectivity index (χ1) is 28.1. The van der Waals surface area contributed by atoms with Crippen molar-refractivity contribution < 1.29 is 0 Å². The van der Waals surface area contributed by atoms with Gasteiger partial charge in [0.1, 0.15) is 0 Å². The van der Waals surface area contributed by atoms with E-state index in [9.17, 15) is 0 Å². The molecule has 1 heterocycles. The van der Waals surface area contributed by atoms with Gasteiger partial charge in [-0.15, -0.1) is 11.3 Å². The SMILES string of the molecule is CC1C=C(c2ccccc2)c2sc3c(-c4ccc(Nc5ccc(CN(Cc6ccccc6)NC(N)c6ccccc6)cc5)c(-c5ccccc5)c4)cccc3c2C1. The quantitative estimate of drug-likeness (QED) is 0.0858. The predicted octanol–water partition coefficient (Wildman–Crippen LogP) is 12.8. The van der Waals surface area contributed by atoms with Crippen LogP contribution in [0.15, 0.2) is 188 Å². The molecule has 4 N–H and O–H groups in total. The third-order valence-corrected chi connectivity index (χ3v) is 12.2. The van der Waals surface area contributed by atoms with E-state index in [2.05, 4.69) is 193 Å². The summed E-state index contributed by atoms with van der Waals surface area (Å²) in [4.78, 5) is 1.41. The molecular formula is C52H46N4S. The molecule has 1 aliphatic rings. The Kier molecular flexibility index (Phi) is 10.6. The van der Waals surface area contributed by atoms with Crippen molar-refractivity contribution in [2.45, 2.75) is 32.6 Å². The highest BCUT2D eigenvalue weighted by molar-refractivity contribution is 7.21. The van der Waals surface area contributed by atoms with E-state index in [4.69, 9.17) is 5.73 Å². The largest absolute Gasteiger partial charge is 0.355 e. The van der Waals surface area contributed by atoms with Gasteiger partial charge in [-0.1, -0.05) is 171 Å². The Balaban J connectivity index is 1.00. The molecule has 0 bridgehead atoms. The number of nitrogens with zero attached hydrogens (tertiary/aromatic N) is 1. The number of nitrogens with one attached hydrogen (secondary N) is 2. The monoisotopic (exact) mass is 758 g/mol. The van der Waals surface area contributed by atoms with Crippen LogP contribution in [0.5, 0.6) is 0 Å². The lowest BCUT2D eigenvalue weighted by atomic mass is 9.86. The van der Waals surface area contributed by atoms with Gasteiger partial charge in [0.15, 0.2) is 0 Å². The number of thiophene rings is 1. The van der Waals surface area contributed by atoms with Gasteiger partial charge < -0.3 is 11.1 Å². The fourth-order valence-electron chi connectivity index (χ4n) is 8.03. The maximum Gasteiger partial charge on any atom is 0.0940 e. The van der Waals surface area contributed by atoms with Crippen LogP contribution in [0.25, 0.3) is 37.9 Å². The molecule has 0 saturated heterocycles. The van der Waals surface area contributed by atoms with Crippen molar-refractivity contribution in [3.63, 3.8) is 0 Å². The van der Waals surface area contributed by atoms with Crippen LogP contribution in [0.2, 0.25) is 0 Å². The highest BCUT2D eigenvalue weighted by Crippen LogP contribution is 2.47. The van der Waals surface area contributed by atoms with Crippen molar-refractivity contribution in [1.82, 2.24) is 10.4 Å². The average Bonchev–Trinajstić information content (AvgIpc) is 3.64. The van der Waals surface area contributed by atoms with Crippen LogP contribution in [0.1, 0.15) is 45.8 Å². The summed E-state index contributed by atoms with van der Waals surface area (Å²) in [6, 6.07) is 64.7. The average molecular weight is 759 g/mol. The maximum absolute atomic E-state index is 6.64. The van der Waals surface area contributed by atoms with Crippen molar-refractivity contribution in [3.8, 4) is 22.3 Å². The van der Waals surface area contributed by atoms with Gasteiger partial charge in [0.25, 0.3) is 0 Å². The summed E-state index contributed by atoms with van der Waals surface area (Å²) in [7, 11) is 0. The molecule has 1 aliphatic carbocycles. The number of rotatable bonds is 12. The Morgan fingerprint density at radius 1 is 0.632 bits per heavy atom. The molecule has 0 radical (unpaired) electrons. The number of allylic oxidation sites excluding steroid dienone is 1. The first kappa shape index (κ1) is 36.6. The molecule has 8 aromatic rings. The number of nitrogens with two attached hydrogens (primary N) is 1. The van der Waals surface area contributed by atoms with Crippen LogP contribution in [-0.4, -0.2) is 5.01 Å². The van der Waals surface area contributed by atoms with E-state index in [1.54, 1.807) is 0 Å². The molecule has 0 fully saturated rings. The number of benzene rings is 7. The van der Waals surface area contributed by atoms with Crippen molar-refractivity contribution in [3.05, 3.63) is 221 Å². The molecule has 2 unspecified atom stereocenters. The number of hydrogen-bond acceptors (Lipinski definition) is 5. The van der Waals surface area contributed by atoms with Crippen LogP contribution in [-0.2, 0) is 19.5 Å². The Hall–Kier alpha value is -6.08.